The molecule has 0 aromatic heterocycles. The van der Waals surface area contributed by atoms with E-state index in [1.807, 2.05) is 0 Å². The van der Waals surface area contributed by atoms with Crippen LogP contribution in [0.1, 0.15) is 124 Å². The Morgan fingerprint density at radius 2 is 0.846 bits per heavy atom. The standard InChI is InChI=1S/C21H44N.C3H8.ClH/c1-5-6-7-8-9-10-11-12-13-14-15-16-17-18-19-20-21-22(2,3)4;1-3-2;/h20-21H,5-19H2,1-4H3;3H2,1-2H3;1H/q+1;;/p-1. The molecule has 0 amide bonds. The van der Waals surface area contributed by atoms with Gasteiger partial charge < -0.3 is 16.9 Å². The topological polar surface area (TPSA) is 0 Å². The van der Waals surface area contributed by atoms with E-state index in [0.29, 0.717) is 0 Å². The number of halogens is 1. The first-order valence-corrected chi connectivity index (χ1v) is 11.5. The predicted octanol–water partition coefficient (Wildman–Crippen LogP) is 5.50. The monoisotopic (exact) mass is 389 g/mol. The summed E-state index contributed by atoms with van der Waals surface area (Å²) in [5, 5.41) is 0. The Morgan fingerprint density at radius 3 is 1.15 bits per heavy atom. The molecule has 0 saturated heterocycles. The fraction of sp³-hybridized carbons (Fsp3) is 0.917. The molecule has 0 radical (unpaired) electrons. The maximum atomic E-state index is 2.35. The molecular weight excluding hydrogens is 338 g/mol. The van der Waals surface area contributed by atoms with Gasteiger partial charge in [0.05, 0.1) is 27.3 Å². The van der Waals surface area contributed by atoms with Gasteiger partial charge in [0, 0.05) is 0 Å². The molecule has 0 aliphatic carbocycles. The summed E-state index contributed by atoms with van der Waals surface area (Å²) in [4.78, 5) is 0. The van der Waals surface area contributed by atoms with Crippen molar-refractivity contribution in [3.8, 4) is 0 Å². The van der Waals surface area contributed by atoms with Crippen LogP contribution in [0.3, 0.4) is 0 Å². The number of rotatable bonds is 16. The number of hydrogen-bond acceptors (Lipinski definition) is 0. The molecule has 0 aliphatic rings. The van der Waals surface area contributed by atoms with E-state index in [1.54, 1.807) is 0 Å². The van der Waals surface area contributed by atoms with Crippen molar-refractivity contribution < 1.29 is 16.9 Å². The normalized spacial score (nSPS) is 11.2. The van der Waals surface area contributed by atoms with Crippen molar-refractivity contribution in [2.75, 3.05) is 21.1 Å². The van der Waals surface area contributed by atoms with E-state index in [4.69, 9.17) is 0 Å². The lowest BCUT2D eigenvalue weighted by atomic mass is 10.0. The van der Waals surface area contributed by atoms with E-state index in [2.05, 4.69) is 54.2 Å². The molecule has 0 atom stereocenters. The van der Waals surface area contributed by atoms with Crippen LogP contribution >= 0.6 is 0 Å². The fourth-order valence-electron chi connectivity index (χ4n) is 2.85. The molecule has 0 aromatic rings. The van der Waals surface area contributed by atoms with Gasteiger partial charge in [0.25, 0.3) is 0 Å². The summed E-state index contributed by atoms with van der Waals surface area (Å²) < 4.78 is 0.943. The number of allylic oxidation sites excluding steroid dienone is 1. The van der Waals surface area contributed by atoms with Gasteiger partial charge in [0.1, 0.15) is 0 Å². The van der Waals surface area contributed by atoms with Crippen LogP contribution in [0.25, 0.3) is 0 Å². The molecule has 0 rings (SSSR count). The molecule has 0 aromatic carbocycles. The minimum atomic E-state index is 0. The SMILES string of the molecule is CCC.CCCCCCCCCCCCCCCCC=C[N+](C)(C)C.[Cl-]. The molecule has 26 heavy (non-hydrogen) atoms. The first-order chi connectivity index (χ1) is 12.0. The second-order valence-corrected chi connectivity index (χ2v) is 8.59. The minimum Gasteiger partial charge on any atom is -1.00 e. The van der Waals surface area contributed by atoms with Crippen LogP contribution in [0.5, 0.6) is 0 Å². The van der Waals surface area contributed by atoms with E-state index < -0.39 is 0 Å². The van der Waals surface area contributed by atoms with E-state index >= 15 is 0 Å². The van der Waals surface area contributed by atoms with Crippen molar-refractivity contribution in [1.82, 2.24) is 0 Å². The summed E-state index contributed by atoms with van der Waals surface area (Å²) in [5.74, 6) is 0. The third-order valence-electron chi connectivity index (χ3n) is 4.28. The summed E-state index contributed by atoms with van der Waals surface area (Å²) in [6, 6.07) is 0. The largest absolute Gasteiger partial charge is 1.00 e. The van der Waals surface area contributed by atoms with Crippen LogP contribution in [0.15, 0.2) is 12.3 Å². The van der Waals surface area contributed by atoms with Crippen LogP contribution in [0.2, 0.25) is 0 Å². The summed E-state index contributed by atoms with van der Waals surface area (Å²) in [5.41, 5.74) is 0. The van der Waals surface area contributed by atoms with Crippen molar-refractivity contribution in [1.29, 1.82) is 0 Å². The average molecular weight is 390 g/mol. The van der Waals surface area contributed by atoms with Gasteiger partial charge in [-0.1, -0.05) is 111 Å². The van der Waals surface area contributed by atoms with Crippen molar-refractivity contribution in [2.24, 2.45) is 0 Å². The predicted molar refractivity (Wildman–Crippen MR) is 118 cm³/mol. The quantitative estimate of drug-likeness (QED) is 0.241. The summed E-state index contributed by atoms with van der Waals surface area (Å²) in [7, 11) is 6.63. The second-order valence-electron chi connectivity index (χ2n) is 8.59. The summed E-state index contributed by atoms with van der Waals surface area (Å²) >= 11 is 0. The first-order valence-electron chi connectivity index (χ1n) is 11.5. The fourth-order valence-corrected chi connectivity index (χ4v) is 2.85. The molecule has 1 nitrogen and oxygen atoms in total. The third-order valence-corrected chi connectivity index (χ3v) is 4.28. The van der Waals surface area contributed by atoms with Gasteiger partial charge in [-0.15, -0.1) is 0 Å². The molecule has 160 valence electrons. The van der Waals surface area contributed by atoms with E-state index in [-0.39, 0.29) is 12.4 Å². The first kappa shape index (κ1) is 30.7. The number of unbranched alkanes of at least 4 members (excludes halogenated alkanes) is 14. The Kier molecular flexibility index (Phi) is 29.5. The van der Waals surface area contributed by atoms with Crippen molar-refractivity contribution in [3.05, 3.63) is 12.3 Å². The van der Waals surface area contributed by atoms with E-state index in [9.17, 15) is 0 Å². The molecule has 0 unspecified atom stereocenters. The molecule has 0 fully saturated rings. The zero-order valence-corrected chi connectivity index (χ0v) is 20.0. The number of hydrogen-bond donors (Lipinski definition) is 0. The lowest BCUT2D eigenvalue weighted by molar-refractivity contribution is -0.817. The van der Waals surface area contributed by atoms with Crippen LogP contribution < -0.4 is 12.4 Å². The summed E-state index contributed by atoms with van der Waals surface area (Å²) in [6.07, 6.45) is 27.4. The van der Waals surface area contributed by atoms with Gasteiger partial charge in [-0.2, -0.15) is 0 Å². The Labute approximate surface area is 174 Å². The molecule has 0 bridgehead atoms. The van der Waals surface area contributed by atoms with Crippen molar-refractivity contribution >= 4 is 0 Å². The third kappa shape index (κ3) is 35.2. The molecule has 0 saturated carbocycles. The van der Waals surface area contributed by atoms with Crippen LogP contribution in [0, 0.1) is 0 Å². The Morgan fingerprint density at radius 1 is 0.538 bits per heavy atom. The lowest BCUT2D eigenvalue weighted by Crippen LogP contribution is -3.00. The van der Waals surface area contributed by atoms with Gasteiger partial charge in [-0.05, 0) is 18.9 Å². The maximum absolute atomic E-state index is 2.35. The highest BCUT2D eigenvalue weighted by molar-refractivity contribution is 4.72. The lowest BCUT2D eigenvalue weighted by Gasteiger charge is -2.17. The van der Waals surface area contributed by atoms with Crippen molar-refractivity contribution in [3.63, 3.8) is 0 Å². The molecule has 0 N–H and O–H groups in total. The van der Waals surface area contributed by atoms with Gasteiger partial charge in [-0.25, -0.2) is 0 Å². The minimum absolute atomic E-state index is 0. The Bertz CT molecular complexity index is 255. The Hall–Kier alpha value is -0.0100. The van der Waals surface area contributed by atoms with Gasteiger partial charge in [-0.3, -0.25) is 0 Å². The van der Waals surface area contributed by atoms with E-state index in [0.717, 1.165) is 4.48 Å². The average Bonchev–Trinajstić information content (AvgIpc) is 2.54. The molecule has 0 heterocycles. The molecule has 0 spiro atoms. The number of quaternary nitrogens is 1. The van der Waals surface area contributed by atoms with E-state index in [1.165, 1.54) is 103 Å². The van der Waals surface area contributed by atoms with Gasteiger partial charge >= 0.3 is 0 Å². The van der Waals surface area contributed by atoms with Gasteiger partial charge in [0.15, 0.2) is 0 Å². The Balaban J connectivity index is -0.00000123. The zero-order valence-electron chi connectivity index (χ0n) is 19.3. The maximum Gasteiger partial charge on any atom is 0.0911 e. The smallest absolute Gasteiger partial charge is 0.0911 e. The van der Waals surface area contributed by atoms with Crippen molar-refractivity contribution in [2.45, 2.75) is 124 Å². The zero-order chi connectivity index (χ0) is 19.2. The van der Waals surface area contributed by atoms with Crippen LogP contribution in [-0.2, 0) is 0 Å². The highest BCUT2D eigenvalue weighted by atomic mass is 35.5. The molecule has 2 heteroatoms. The second kappa shape index (κ2) is 25.0. The van der Waals surface area contributed by atoms with Crippen LogP contribution in [0.4, 0.5) is 0 Å². The van der Waals surface area contributed by atoms with Gasteiger partial charge in [0.2, 0.25) is 0 Å². The van der Waals surface area contributed by atoms with Crippen LogP contribution in [-0.4, -0.2) is 25.6 Å². The molecular formula is C24H52ClN. The summed E-state index contributed by atoms with van der Waals surface area (Å²) in [6.45, 7) is 6.54. The number of nitrogens with zero attached hydrogens (tertiary/aromatic N) is 1. The highest BCUT2D eigenvalue weighted by Crippen LogP contribution is 2.13. The highest BCUT2D eigenvalue weighted by Gasteiger charge is 1.98. The molecule has 0 aliphatic heterocycles.